The largest absolute Gasteiger partial charge is 0.477 e. The highest BCUT2D eigenvalue weighted by molar-refractivity contribution is 8.00. The molecule has 7 nitrogen and oxygen atoms in total. The highest BCUT2D eigenvalue weighted by atomic mass is 32.2. The maximum absolute atomic E-state index is 12.0. The van der Waals surface area contributed by atoms with Crippen LogP contribution in [0.25, 0.3) is 0 Å². The van der Waals surface area contributed by atoms with Gasteiger partial charge in [0.25, 0.3) is 0 Å². The Morgan fingerprint density at radius 2 is 2.08 bits per heavy atom. The zero-order valence-corrected chi connectivity index (χ0v) is 14.4. The van der Waals surface area contributed by atoms with E-state index in [2.05, 4.69) is 0 Å². The zero-order valence-electron chi connectivity index (χ0n) is 13.5. The molecule has 2 aliphatic rings. The molecule has 1 amide bonds. The minimum absolute atomic E-state index is 0.113. The molecule has 1 aromatic rings. The average Bonchev–Trinajstić information content (AvgIpc) is 2.59. The van der Waals surface area contributed by atoms with Gasteiger partial charge in [-0.3, -0.25) is 14.5 Å². The summed E-state index contributed by atoms with van der Waals surface area (Å²) in [6, 6.07) is 8.64. The highest BCUT2D eigenvalue weighted by Gasteiger charge is 2.52. The number of carbonyl (C=O) groups is 3. The third-order valence-electron chi connectivity index (χ3n) is 4.20. The first-order valence-electron chi connectivity index (χ1n) is 7.78. The fourth-order valence-electron chi connectivity index (χ4n) is 3.05. The van der Waals surface area contributed by atoms with Crippen LogP contribution in [0.1, 0.15) is 12.5 Å². The second kappa shape index (κ2) is 6.89. The number of benzene rings is 1. The van der Waals surface area contributed by atoms with Crippen molar-refractivity contribution in [1.29, 1.82) is 0 Å². The number of carboxylic acid groups (broad SMARTS) is 1. The van der Waals surface area contributed by atoms with E-state index in [1.165, 1.54) is 23.6 Å². The summed E-state index contributed by atoms with van der Waals surface area (Å²) in [6.07, 6.45) is -0.407. The van der Waals surface area contributed by atoms with Gasteiger partial charge in [-0.15, -0.1) is 11.8 Å². The summed E-state index contributed by atoms with van der Waals surface area (Å²) in [5.74, 6) is -1.80. The molecule has 1 fully saturated rings. The van der Waals surface area contributed by atoms with E-state index in [0.717, 1.165) is 5.56 Å². The van der Waals surface area contributed by atoms with Gasteiger partial charge in [-0.25, -0.2) is 4.79 Å². The lowest BCUT2D eigenvalue weighted by molar-refractivity contribution is -0.149. The molecule has 0 spiro atoms. The number of β-lactam (4-membered cyclic amide) rings is 1. The van der Waals surface area contributed by atoms with Crippen LogP contribution in [-0.4, -0.2) is 51.1 Å². The summed E-state index contributed by atoms with van der Waals surface area (Å²) in [5, 5.41) is 9.26. The Labute approximate surface area is 148 Å². The van der Waals surface area contributed by atoms with Crippen molar-refractivity contribution in [3.8, 4) is 0 Å². The number of amides is 1. The maximum atomic E-state index is 12.0. The van der Waals surface area contributed by atoms with E-state index in [0.29, 0.717) is 17.7 Å². The monoisotopic (exact) mass is 362 g/mol. The summed E-state index contributed by atoms with van der Waals surface area (Å²) in [5.41, 5.74) is 6.97. The third-order valence-corrected chi connectivity index (χ3v) is 5.53. The lowest BCUT2D eigenvalue weighted by atomic mass is 9.97. The SMILES string of the molecule is CC(=O)OC(Cc1ccccc1)C1=C(C(=O)O)N2C(=O)[C@H](N)[C@H]2SC1. The fraction of sp³-hybridized carbons (Fsp3) is 0.353. The zero-order chi connectivity index (χ0) is 18.1. The van der Waals surface area contributed by atoms with Crippen molar-refractivity contribution in [3.05, 3.63) is 47.2 Å². The Morgan fingerprint density at radius 1 is 1.40 bits per heavy atom. The van der Waals surface area contributed by atoms with Gasteiger partial charge in [0.15, 0.2) is 0 Å². The first-order valence-corrected chi connectivity index (χ1v) is 8.82. The Bertz CT molecular complexity index is 749. The van der Waals surface area contributed by atoms with Gasteiger partial charge in [0.1, 0.15) is 23.2 Å². The summed E-state index contributed by atoms with van der Waals surface area (Å²) < 4.78 is 5.40. The van der Waals surface area contributed by atoms with Crippen LogP contribution in [0, 0.1) is 0 Å². The molecule has 0 bridgehead atoms. The number of esters is 1. The van der Waals surface area contributed by atoms with Crippen molar-refractivity contribution in [2.45, 2.75) is 30.9 Å². The predicted molar refractivity (Wildman–Crippen MR) is 91.4 cm³/mol. The highest BCUT2D eigenvalue weighted by Crippen LogP contribution is 2.41. The van der Waals surface area contributed by atoms with E-state index in [1.807, 2.05) is 30.3 Å². The summed E-state index contributed by atoms with van der Waals surface area (Å²) in [6.45, 7) is 1.28. The van der Waals surface area contributed by atoms with Crippen LogP contribution < -0.4 is 5.73 Å². The molecule has 0 aromatic heterocycles. The van der Waals surface area contributed by atoms with Gasteiger partial charge < -0.3 is 15.6 Å². The molecular weight excluding hydrogens is 344 g/mol. The molecule has 8 heteroatoms. The van der Waals surface area contributed by atoms with E-state index >= 15 is 0 Å². The summed E-state index contributed by atoms with van der Waals surface area (Å²) in [7, 11) is 0. The number of carboxylic acids is 1. The quantitative estimate of drug-likeness (QED) is 0.587. The van der Waals surface area contributed by atoms with E-state index in [9.17, 15) is 19.5 Å². The number of nitrogens with zero attached hydrogens (tertiary/aromatic N) is 1. The van der Waals surface area contributed by atoms with Crippen LogP contribution in [0.2, 0.25) is 0 Å². The molecule has 0 aliphatic carbocycles. The smallest absolute Gasteiger partial charge is 0.352 e. The number of nitrogens with two attached hydrogens (primary N) is 1. The molecule has 132 valence electrons. The number of rotatable bonds is 5. The van der Waals surface area contributed by atoms with Gasteiger partial charge in [0.2, 0.25) is 5.91 Å². The van der Waals surface area contributed by atoms with Crippen molar-refractivity contribution < 1.29 is 24.2 Å². The fourth-order valence-corrected chi connectivity index (χ4v) is 4.41. The van der Waals surface area contributed by atoms with Gasteiger partial charge in [-0.1, -0.05) is 30.3 Å². The average molecular weight is 362 g/mol. The van der Waals surface area contributed by atoms with Gasteiger partial charge >= 0.3 is 11.9 Å². The molecule has 25 heavy (non-hydrogen) atoms. The van der Waals surface area contributed by atoms with Crippen LogP contribution in [0.3, 0.4) is 0 Å². The van der Waals surface area contributed by atoms with Crippen molar-refractivity contribution in [1.82, 2.24) is 4.90 Å². The van der Waals surface area contributed by atoms with Gasteiger partial charge in [-0.05, 0) is 5.56 Å². The van der Waals surface area contributed by atoms with Crippen molar-refractivity contribution in [2.75, 3.05) is 5.75 Å². The number of aliphatic carboxylic acids is 1. The molecule has 3 atom stereocenters. The van der Waals surface area contributed by atoms with E-state index < -0.39 is 30.0 Å². The van der Waals surface area contributed by atoms with Crippen LogP contribution in [0.4, 0.5) is 0 Å². The molecule has 1 aromatic carbocycles. The van der Waals surface area contributed by atoms with Crippen LogP contribution in [-0.2, 0) is 25.5 Å². The standard InChI is InChI=1S/C17H18N2O5S/c1-9(20)24-12(7-10-5-3-2-4-6-10)11-8-25-16-13(18)15(21)19(16)14(11)17(22)23/h2-6,12-13,16H,7-8,18H2,1H3,(H,22,23)/t12?,13-,16+/m0/s1. The molecular formula is C17H18N2O5S. The molecule has 3 rings (SSSR count). The second-order valence-electron chi connectivity index (χ2n) is 5.90. The predicted octanol–water partition coefficient (Wildman–Crippen LogP) is 0.742. The molecule has 1 saturated heterocycles. The van der Waals surface area contributed by atoms with Crippen LogP contribution in [0.5, 0.6) is 0 Å². The number of fused-ring (bicyclic) bond motifs is 1. The number of carbonyl (C=O) groups excluding carboxylic acids is 2. The minimum Gasteiger partial charge on any atom is -0.477 e. The minimum atomic E-state index is -1.22. The van der Waals surface area contributed by atoms with Crippen LogP contribution in [0.15, 0.2) is 41.6 Å². The maximum Gasteiger partial charge on any atom is 0.352 e. The Hall–Kier alpha value is -2.32. The molecule has 2 aliphatic heterocycles. The third kappa shape index (κ3) is 3.27. The molecule has 1 unspecified atom stereocenters. The number of thioether (sulfide) groups is 1. The topological polar surface area (TPSA) is 110 Å². The lowest BCUT2D eigenvalue weighted by Gasteiger charge is -2.48. The van der Waals surface area contributed by atoms with Crippen molar-refractivity contribution >= 4 is 29.6 Å². The number of hydrogen-bond donors (Lipinski definition) is 2. The van der Waals surface area contributed by atoms with Crippen LogP contribution >= 0.6 is 11.8 Å². The normalized spacial score (nSPS) is 23.6. The molecule has 3 N–H and O–H groups in total. The molecule has 0 radical (unpaired) electrons. The van der Waals surface area contributed by atoms with Gasteiger partial charge in [-0.2, -0.15) is 0 Å². The first-order chi connectivity index (χ1) is 11.9. The van der Waals surface area contributed by atoms with Crippen molar-refractivity contribution in [3.63, 3.8) is 0 Å². The Morgan fingerprint density at radius 3 is 2.68 bits per heavy atom. The lowest BCUT2D eigenvalue weighted by Crippen LogP contribution is -2.68. The van der Waals surface area contributed by atoms with E-state index in [1.54, 1.807) is 0 Å². The Kier molecular flexibility index (Phi) is 4.82. The summed E-state index contributed by atoms with van der Waals surface area (Å²) in [4.78, 5) is 36.6. The Balaban J connectivity index is 1.98. The van der Waals surface area contributed by atoms with Gasteiger partial charge in [0.05, 0.1) is 0 Å². The van der Waals surface area contributed by atoms with E-state index in [-0.39, 0.29) is 11.1 Å². The second-order valence-corrected chi connectivity index (χ2v) is 7.01. The number of hydrogen-bond acceptors (Lipinski definition) is 6. The number of ether oxygens (including phenoxy) is 1. The van der Waals surface area contributed by atoms with E-state index in [4.69, 9.17) is 10.5 Å². The molecule has 0 saturated carbocycles. The molecule has 2 heterocycles. The summed E-state index contributed by atoms with van der Waals surface area (Å²) >= 11 is 1.39. The first kappa shape index (κ1) is 17.5. The van der Waals surface area contributed by atoms with Gasteiger partial charge in [0, 0.05) is 24.7 Å². The van der Waals surface area contributed by atoms with Crippen molar-refractivity contribution in [2.24, 2.45) is 5.73 Å².